The summed E-state index contributed by atoms with van der Waals surface area (Å²) >= 11 is 6.10. The lowest BCUT2D eigenvalue weighted by atomic mass is 10.1. The highest BCUT2D eigenvalue weighted by atomic mass is 35.5. The number of carbonyl (C=O) groups excluding carboxylic acids is 1. The van der Waals surface area contributed by atoms with E-state index >= 15 is 0 Å². The number of hydrogen-bond donors (Lipinski definition) is 2. The Balaban J connectivity index is 2.36. The standard InChI is InChI=1S/C19H23ClN2O3S/c1-5-14(4)21-19(23)15-7-8-16(20)18(11-15)26(24,25)22-17-9-6-12(2)10-13(17)3/h6-11,14,22H,5H2,1-4H3,(H,21,23)/t14-/m0/s1. The molecular formula is C19H23ClN2O3S. The molecule has 140 valence electrons. The molecule has 0 bridgehead atoms. The summed E-state index contributed by atoms with van der Waals surface area (Å²) in [7, 11) is -3.93. The van der Waals surface area contributed by atoms with Crippen molar-refractivity contribution in [3.05, 3.63) is 58.1 Å². The zero-order chi connectivity index (χ0) is 19.5. The lowest BCUT2D eigenvalue weighted by molar-refractivity contribution is 0.0939. The molecule has 0 heterocycles. The summed E-state index contributed by atoms with van der Waals surface area (Å²) < 4.78 is 28.1. The molecule has 0 fully saturated rings. The summed E-state index contributed by atoms with van der Waals surface area (Å²) in [6, 6.07) is 9.63. The third-order valence-corrected chi connectivity index (χ3v) is 5.95. The van der Waals surface area contributed by atoms with E-state index in [4.69, 9.17) is 11.6 Å². The first-order valence-corrected chi connectivity index (χ1v) is 10.2. The van der Waals surface area contributed by atoms with Gasteiger partial charge in [-0.05, 0) is 57.0 Å². The van der Waals surface area contributed by atoms with E-state index in [-0.39, 0.29) is 27.4 Å². The van der Waals surface area contributed by atoms with Gasteiger partial charge in [0.25, 0.3) is 15.9 Å². The SMILES string of the molecule is CC[C@H](C)NC(=O)c1ccc(Cl)c(S(=O)(=O)Nc2ccc(C)cc2C)c1. The largest absolute Gasteiger partial charge is 0.350 e. The Kier molecular flexibility index (Phi) is 6.31. The normalized spacial score (nSPS) is 12.5. The second-order valence-corrected chi connectivity index (χ2v) is 8.41. The molecule has 1 atom stereocenters. The van der Waals surface area contributed by atoms with Crippen LogP contribution in [-0.4, -0.2) is 20.4 Å². The molecule has 2 aromatic rings. The molecule has 0 aliphatic heterocycles. The van der Waals surface area contributed by atoms with Crippen LogP contribution in [-0.2, 0) is 10.0 Å². The topological polar surface area (TPSA) is 75.3 Å². The minimum absolute atomic E-state index is 0.00781. The second-order valence-electron chi connectivity index (χ2n) is 6.35. The zero-order valence-electron chi connectivity index (χ0n) is 15.3. The predicted molar refractivity (Wildman–Crippen MR) is 105 cm³/mol. The third kappa shape index (κ3) is 4.77. The summed E-state index contributed by atoms with van der Waals surface area (Å²) in [6.07, 6.45) is 0.777. The molecule has 0 spiro atoms. The van der Waals surface area contributed by atoms with Crippen LogP contribution in [0.5, 0.6) is 0 Å². The first-order chi connectivity index (χ1) is 12.1. The van der Waals surface area contributed by atoms with E-state index in [1.165, 1.54) is 18.2 Å². The second kappa shape index (κ2) is 8.10. The average Bonchev–Trinajstić information content (AvgIpc) is 2.57. The fourth-order valence-corrected chi connectivity index (χ4v) is 4.05. The van der Waals surface area contributed by atoms with Gasteiger partial charge in [0, 0.05) is 11.6 Å². The molecule has 0 radical (unpaired) electrons. The number of carbonyl (C=O) groups is 1. The van der Waals surface area contributed by atoms with Crippen molar-refractivity contribution in [3.8, 4) is 0 Å². The molecule has 1 amide bonds. The molecule has 0 unspecified atom stereocenters. The molecule has 0 aliphatic carbocycles. The van der Waals surface area contributed by atoms with E-state index in [1.54, 1.807) is 6.07 Å². The molecule has 7 heteroatoms. The number of hydrogen-bond acceptors (Lipinski definition) is 3. The number of halogens is 1. The summed E-state index contributed by atoms with van der Waals surface area (Å²) in [5, 5.41) is 2.87. The van der Waals surface area contributed by atoms with Crippen molar-refractivity contribution < 1.29 is 13.2 Å². The van der Waals surface area contributed by atoms with Crippen LogP contribution in [0.15, 0.2) is 41.3 Å². The van der Waals surface area contributed by atoms with Crippen LogP contribution in [0.3, 0.4) is 0 Å². The van der Waals surface area contributed by atoms with Gasteiger partial charge in [0.1, 0.15) is 4.90 Å². The molecule has 0 aliphatic rings. The maximum Gasteiger partial charge on any atom is 0.263 e. The van der Waals surface area contributed by atoms with Crippen molar-refractivity contribution in [2.45, 2.75) is 45.1 Å². The lowest BCUT2D eigenvalue weighted by Gasteiger charge is -2.14. The molecule has 0 aromatic heterocycles. The third-order valence-electron chi connectivity index (χ3n) is 4.10. The monoisotopic (exact) mass is 394 g/mol. The van der Waals surface area contributed by atoms with Gasteiger partial charge in [0.2, 0.25) is 0 Å². The Morgan fingerprint density at radius 1 is 1.15 bits per heavy atom. The van der Waals surface area contributed by atoms with E-state index in [0.717, 1.165) is 17.5 Å². The number of rotatable bonds is 6. The molecule has 0 saturated carbocycles. The van der Waals surface area contributed by atoms with Crippen molar-refractivity contribution in [1.29, 1.82) is 0 Å². The average molecular weight is 395 g/mol. The van der Waals surface area contributed by atoms with Crippen molar-refractivity contribution in [2.75, 3.05) is 4.72 Å². The number of amides is 1. The quantitative estimate of drug-likeness (QED) is 0.767. The summed E-state index contributed by atoms with van der Waals surface area (Å²) in [5.41, 5.74) is 2.55. The first kappa shape index (κ1) is 20.3. The molecule has 2 rings (SSSR count). The number of aryl methyl sites for hydroxylation is 2. The van der Waals surface area contributed by atoms with Gasteiger partial charge < -0.3 is 5.32 Å². The molecule has 0 saturated heterocycles. The van der Waals surface area contributed by atoms with Crippen LogP contribution in [0.1, 0.15) is 41.8 Å². The highest BCUT2D eigenvalue weighted by Gasteiger charge is 2.21. The van der Waals surface area contributed by atoms with Crippen molar-refractivity contribution in [3.63, 3.8) is 0 Å². The fraction of sp³-hybridized carbons (Fsp3) is 0.316. The minimum Gasteiger partial charge on any atom is -0.350 e. The van der Waals surface area contributed by atoms with E-state index in [0.29, 0.717) is 5.69 Å². The van der Waals surface area contributed by atoms with Gasteiger partial charge in [-0.1, -0.05) is 36.2 Å². The van der Waals surface area contributed by atoms with Crippen molar-refractivity contribution in [2.24, 2.45) is 0 Å². The van der Waals surface area contributed by atoms with Crippen molar-refractivity contribution in [1.82, 2.24) is 5.32 Å². The van der Waals surface area contributed by atoms with Gasteiger partial charge in [-0.15, -0.1) is 0 Å². The van der Waals surface area contributed by atoms with Crippen LogP contribution < -0.4 is 10.0 Å². The van der Waals surface area contributed by atoms with Crippen LogP contribution in [0.4, 0.5) is 5.69 Å². The minimum atomic E-state index is -3.93. The zero-order valence-corrected chi connectivity index (χ0v) is 16.8. The summed E-state index contributed by atoms with van der Waals surface area (Å²) in [4.78, 5) is 12.2. The summed E-state index contributed by atoms with van der Waals surface area (Å²) in [6.45, 7) is 7.59. The van der Waals surface area contributed by atoms with Gasteiger partial charge >= 0.3 is 0 Å². The maximum absolute atomic E-state index is 12.8. The fourth-order valence-electron chi connectivity index (χ4n) is 2.39. The smallest absolute Gasteiger partial charge is 0.263 e. The maximum atomic E-state index is 12.8. The first-order valence-electron chi connectivity index (χ1n) is 8.34. The van der Waals surface area contributed by atoms with E-state index < -0.39 is 10.0 Å². The van der Waals surface area contributed by atoms with Crippen LogP contribution >= 0.6 is 11.6 Å². The van der Waals surface area contributed by atoms with Crippen molar-refractivity contribution >= 4 is 33.2 Å². The van der Waals surface area contributed by atoms with E-state index in [9.17, 15) is 13.2 Å². The molecule has 26 heavy (non-hydrogen) atoms. The van der Waals surface area contributed by atoms with Gasteiger partial charge in [-0.2, -0.15) is 0 Å². The molecule has 2 aromatic carbocycles. The number of anilines is 1. The highest BCUT2D eigenvalue weighted by molar-refractivity contribution is 7.92. The Morgan fingerprint density at radius 2 is 1.85 bits per heavy atom. The van der Waals surface area contributed by atoms with Gasteiger partial charge in [-0.3, -0.25) is 9.52 Å². The van der Waals surface area contributed by atoms with Gasteiger partial charge in [0.05, 0.1) is 10.7 Å². The Hall–Kier alpha value is -2.05. The predicted octanol–water partition coefficient (Wildman–Crippen LogP) is 4.29. The Bertz CT molecular complexity index is 926. The number of nitrogens with one attached hydrogen (secondary N) is 2. The lowest BCUT2D eigenvalue weighted by Crippen LogP contribution is -2.32. The molecule has 5 nitrogen and oxygen atoms in total. The van der Waals surface area contributed by atoms with E-state index in [2.05, 4.69) is 10.0 Å². The van der Waals surface area contributed by atoms with Crippen LogP contribution in [0, 0.1) is 13.8 Å². The molecular weight excluding hydrogens is 372 g/mol. The Labute approximate surface area is 159 Å². The van der Waals surface area contributed by atoms with Gasteiger partial charge in [0.15, 0.2) is 0 Å². The van der Waals surface area contributed by atoms with Gasteiger partial charge in [-0.25, -0.2) is 8.42 Å². The highest BCUT2D eigenvalue weighted by Crippen LogP contribution is 2.26. The Morgan fingerprint density at radius 3 is 2.46 bits per heavy atom. The van der Waals surface area contributed by atoms with E-state index in [1.807, 2.05) is 39.8 Å². The number of sulfonamides is 1. The van der Waals surface area contributed by atoms with Crippen LogP contribution in [0.25, 0.3) is 0 Å². The molecule has 2 N–H and O–H groups in total. The number of benzene rings is 2. The van der Waals surface area contributed by atoms with Crippen LogP contribution in [0.2, 0.25) is 5.02 Å². The summed E-state index contributed by atoms with van der Waals surface area (Å²) in [5.74, 6) is -0.334.